The molecular weight excluding hydrogens is 250 g/mol. The van der Waals surface area contributed by atoms with Crippen LogP contribution in [-0.4, -0.2) is 54.6 Å². The standard InChI is InChI=1S/C12H21N3O4/c1-7(2)13-12(18)14-9-5-6-15(8(3)16)10(9)11(17)19-4/h7,9-10H,5-6H2,1-4H3,(H2,13,14,18)/t9-,10-/m0/s1. The number of esters is 1. The number of hydrogen-bond acceptors (Lipinski definition) is 4. The Labute approximate surface area is 112 Å². The van der Waals surface area contributed by atoms with E-state index in [1.807, 2.05) is 13.8 Å². The van der Waals surface area contributed by atoms with Gasteiger partial charge in [-0.05, 0) is 20.3 Å². The topological polar surface area (TPSA) is 87.7 Å². The molecule has 0 aromatic carbocycles. The number of amides is 3. The molecule has 1 saturated heterocycles. The fourth-order valence-corrected chi connectivity index (χ4v) is 2.18. The van der Waals surface area contributed by atoms with Gasteiger partial charge in [0.15, 0.2) is 0 Å². The van der Waals surface area contributed by atoms with Crippen molar-refractivity contribution in [3.05, 3.63) is 0 Å². The number of methoxy groups -OCH3 is 1. The van der Waals surface area contributed by atoms with Gasteiger partial charge in [-0.15, -0.1) is 0 Å². The van der Waals surface area contributed by atoms with Crippen LogP contribution in [0, 0.1) is 0 Å². The minimum atomic E-state index is -0.750. The van der Waals surface area contributed by atoms with Gasteiger partial charge in [-0.25, -0.2) is 9.59 Å². The highest BCUT2D eigenvalue weighted by Gasteiger charge is 2.42. The zero-order valence-corrected chi connectivity index (χ0v) is 11.7. The molecule has 0 radical (unpaired) electrons. The van der Waals surface area contributed by atoms with E-state index in [1.165, 1.54) is 18.9 Å². The smallest absolute Gasteiger partial charge is 0.330 e. The third-order valence-electron chi connectivity index (χ3n) is 2.98. The second-order valence-corrected chi connectivity index (χ2v) is 4.85. The van der Waals surface area contributed by atoms with Crippen molar-refractivity contribution in [1.82, 2.24) is 15.5 Å². The molecule has 1 aliphatic heterocycles. The van der Waals surface area contributed by atoms with Crippen LogP contribution in [0.25, 0.3) is 0 Å². The summed E-state index contributed by atoms with van der Waals surface area (Å²) < 4.78 is 4.70. The molecule has 1 aliphatic rings. The lowest BCUT2D eigenvalue weighted by molar-refractivity contribution is -0.150. The molecule has 0 saturated carbocycles. The summed E-state index contributed by atoms with van der Waals surface area (Å²) in [5.41, 5.74) is 0. The predicted molar refractivity (Wildman–Crippen MR) is 68.4 cm³/mol. The van der Waals surface area contributed by atoms with E-state index < -0.39 is 18.1 Å². The SMILES string of the molecule is COC(=O)[C@@H]1[C@@H](NC(=O)NC(C)C)CCN1C(C)=O. The molecule has 7 nitrogen and oxygen atoms in total. The van der Waals surface area contributed by atoms with Gasteiger partial charge in [0.05, 0.1) is 13.2 Å². The fraction of sp³-hybridized carbons (Fsp3) is 0.750. The summed E-state index contributed by atoms with van der Waals surface area (Å²) in [6.07, 6.45) is 0.533. The van der Waals surface area contributed by atoms with Gasteiger partial charge < -0.3 is 20.3 Å². The van der Waals surface area contributed by atoms with E-state index in [0.717, 1.165) is 0 Å². The van der Waals surface area contributed by atoms with Crippen molar-refractivity contribution in [2.24, 2.45) is 0 Å². The zero-order valence-electron chi connectivity index (χ0n) is 11.7. The number of rotatable bonds is 3. The first-order valence-corrected chi connectivity index (χ1v) is 6.29. The van der Waals surface area contributed by atoms with Crippen molar-refractivity contribution >= 4 is 17.9 Å². The summed E-state index contributed by atoms with van der Waals surface area (Å²) in [5, 5.41) is 5.40. The third kappa shape index (κ3) is 3.84. The first kappa shape index (κ1) is 15.3. The normalized spacial score (nSPS) is 22.3. The number of nitrogens with zero attached hydrogens (tertiary/aromatic N) is 1. The summed E-state index contributed by atoms with van der Waals surface area (Å²) >= 11 is 0. The number of hydrogen-bond donors (Lipinski definition) is 2. The molecule has 0 spiro atoms. The molecular formula is C12H21N3O4. The van der Waals surface area contributed by atoms with E-state index in [0.29, 0.717) is 13.0 Å². The van der Waals surface area contributed by atoms with Crippen LogP contribution < -0.4 is 10.6 Å². The third-order valence-corrected chi connectivity index (χ3v) is 2.98. The van der Waals surface area contributed by atoms with Crippen molar-refractivity contribution in [2.75, 3.05) is 13.7 Å². The fourth-order valence-electron chi connectivity index (χ4n) is 2.18. The van der Waals surface area contributed by atoms with Crippen LogP contribution >= 0.6 is 0 Å². The second-order valence-electron chi connectivity index (χ2n) is 4.85. The predicted octanol–water partition coefficient (Wildman–Crippen LogP) is -0.144. The number of likely N-dealkylation sites (tertiary alicyclic amines) is 1. The van der Waals surface area contributed by atoms with Crippen LogP contribution in [0.2, 0.25) is 0 Å². The summed E-state index contributed by atoms with van der Waals surface area (Å²) in [7, 11) is 1.27. The van der Waals surface area contributed by atoms with E-state index >= 15 is 0 Å². The summed E-state index contributed by atoms with van der Waals surface area (Å²) in [4.78, 5) is 36.3. The monoisotopic (exact) mass is 271 g/mol. The Morgan fingerprint density at radius 2 is 1.95 bits per heavy atom. The lowest BCUT2D eigenvalue weighted by Gasteiger charge is -2.25. The lowest BCUT2D eigenvalue weighted by Crippen LogP contribution is -2.53. The number of carbonyl (C=O) groups is 3. The van der Waals surface area contributed by atoms with E-state index in [-0.39, 0.29) is 18.0 Å². The van der Waals surface area contributed by atoms with Gasteiger partial charge in [0.25, 0.3) is 0 Å². The van der Waals surface area contributed by atoms with Crippen LogP contribution in [0.3, 0.4) is 0 Å². The van der Waals surface area contributed by atoms with Gasteiger partial charge in [-0.2, -0.15) is 0 Å². The number of carbonyl (C=O) groups excluding carboxylic acids is 3. The molecule has 0 aromatic heterocycles. The average molecular weight is 271 g/mol. The Morgan fingerprint density at radius 1 is 1.32 bits per heavy atom. The molecule has 0 aromatic rings. The first-order chi connectivity index (χ1) is 8.86. The lowest BCUT2D eigenvalue weighted by atomic mass is 10.1. The molecule has 2 N–H and O–H groups in total. The van der Waals surface area contributed by atoms with Gasteiger partial charge in [0.1, 0.15) is 6.04 Å². The average Bonchev–Trinajstić information content (AvgIpc) is 2.70. The molecule has 0 bridgehead atoms. The maximum Gasteiger partial charge on any atom is 0.330 e. The summed E-state index contributed by atoms with van der Waals surface area (Å²) in [6, 6.07) is -1.52. The van der Waals surface area contributed by atoms with Crippen LogP contribution in [0.15, 0.2) is 0 Å². The first-order valence-electron chi connectivity index (χ1n) is 6.29. The van der Waals surface area contributed by atoms with Crippen LogP contribution in [0.5, 0.6) is 0 Å². The molecule has 108 valence electrons. The Morgan fingerprint density at radius 3 is 2.42 bits per heavy atom. The van der Waals surface area contributed by atoms with Crippen molar-refractivity contribution in [2.45, 2.75) is 45.3 Å². The van der Waals surface area contributed by atoms with Gasteiger partial charge >= 0.3 is 12.0 Å². The zero-order chi connectivity index (χ0) is 14.6. The number of urea groups is 1. The van der Waals surface area contributed by atoms with E-state index in [4.69, 9.17) is 4.74 Å². The van der Waals surface area contributed by atoms with Gasteiger partial charge in [-0.1, -0.05) is 0 Å². The molecule has 1 rings (SSSR count). The molecule has 2 atom stereocenters. The molecule has 0 aliphatic carbocycles. The molecule has 19 heavy (non-hydrogen) atoms. The van der Waals surface area contributed by atoms with Crippen LogP contribution in [0.1, 0.15) is 27.2 Å². The Hall–Kier alpha value is -1.79. The van der Waals surface area contributed by atoms with E-state index in [9.17, 15) is 14.4 Å². The van der Waals surface area contributed by atoms with Crippen molar-refractivity contribution < 1.29 is 19.1 Å². The van der Waals surface area contributed by atoms with Crippen molar-refractivity contribution in [3.63, 3.8) is 0 Å². The molecule has 1 fully saturated rings. The summed E-state index contributed by atoms with van der Waals surface area (Å²) in [5.74, 6) is -0.716. The second kappa shape index (κ2) is 6.40. The highest BCUT2D eigenvalue weighted by atomic mass is 16.5. The minimum absolute atomic E-state index is 0.00175. The molecule has 1 heterocycles. The Balaban J connectivity index is 2.74. The quantitative estimate of drug-likeness (QED) is 0.699. The van der Waals surface area contributed by atoms with E-state index in [1.54, 1.807) is 0 Å². The molecule has 7 heteroatoms. The van der Waals surface area contributed by atoms with Gasteiger partial charge in [0.2, 0.25) is 5.91 Å². The summed E-state index contributed by atoms with van der Waals surface area (Å²) in [6.45, 7) is 5.51. The minimum Gasteiger partial charge on any atom is -0.467 e. The highest BCUT2D eigenvalue weighted by molar-refractivity contribution is 5.86. The highest BCUT2D eigenvalue weighted by Crippen LogP contribution is 2.19. The Kier molecular flexibility index (Phi) is 5.14. The largest absolute Gasteiger partial charge is 0.467 e. The number of ether oxygens (including phenoxy) is 1. The molecule has 0 unspecified atom stereocenters. The maximum atomic E-state index is 11.8. The van der Waals surface area contributed by atoms with Crippen molar-refractivity contribution in [1.29, 1.82) is 0 Å². The van der Waals surface area contributed by atoms with E-state index in [2.05, 4.69) is 10.6 Å². The van der Waals surface area contributed by atoms with Crippen LogP contribution in [0.4, 0.5) is 4.79 Å². The maximum absolute atomic E-state index is 11.8. The number of nitrogens with one attached hydrogen (secondary N) is 2. The Bertz CT molecular complexity index is 370. The van der Waals surface area contributed by atoms with Crippen molar-refractivity contribution in [3.8, 4) is 0 Å². The van der Waals surface area contributed by atoms with Gasteiger partial charge in [0, 0.05) is 19.5 Å². The van der Waals surface area contributed by atoms with Gasteiger partial charge in [-0.3, -0.25) is 4.79 Å². The molecule has 3 amide bonds. The van der Waals surface area contributed by atoms with Crippen LogP contribution in [-0.2, 0) is 14.3 Å².